The zero-order valence-electron chi connectivity index (χ0n) is 11.2. The summed E-state index contributed by atoms with van der Waals surface area (Å²) in [5, 5.41) is 7.14. The summed E-state index contributed by atoms with van der Waals surface area (Å²) >= 11 is 0. The van der Waals surface area contributed by atoms with E-state index in [1.807, 2.05) is 26.0 Å². The third-order valence-electron chi connectivity index (χ3n) is 2.80. The molecule has 0 bridgehead atoms. The average Bonchev–Trinajstić information content (AvgIpc) is 2.82. The van der Waals surface area contributed by atoms with Crippen LogP contribution in [0.25, 0.3) is 0 Å². The van der Waals surface area contributed by atoms with Crippen LogP contribution in [0.1, 0.15) is 27.4 Å². The van der Waals surface area contributed by atoms with Crippen LogP contribution in [0.2, 0.25) is 0 Å². The molecule has 1 heterocycles. The van der Waals surface area contributed by atoms with E-state index < -0.39 is 0 Å². The normalized spacial score (nSPS) is 10.3. The van der Waals surface area contributed by atoms with Gasteiger partial charge in [-0.3, -0.25) is 0 Å². The molecule has 0 aliphatic heterocycles. The standard InChI is InChI=1S/C14H16N2O3/c1-9-4-5-11(14(17)18-3)7-13(9)15-8-12-6-10(2)19-16-12/h4-7,15H,8H2,1-3H3. The summed E-state index contributed by atoms with van der Waals surface area (Å²) in [5.74, 6) is 0.428. The third kappa shape index (κ3) is 3.13. The SMILES string of the molecule is COC(=O)c1ccc(C)c(NCc2cc(C)on2)c1. The molecule has 0 fully saturated rings. The van der Waals surface area contributed by atoms with Crippen molar-refractivity contribution in [1.82, 2.24) is 5.16 Å². The third-order valence-corrected chi connectivity index (χ3v) is 2.80. The predicted octanol–water partition coefficient (Wildman–Crippen LogP) is 2.69. The highest BCUT2D eigenvalue weighted by molar-refractivity contribution is 5.90. The van der Waals surface area contributed by atoms with Crippen LogP contribution in [0.5, 0.6) is 0 Å². The number of esters is 1. The zero-order valence-corrected chi connectivity index (χ0v) is 11.2. The van der Waals surface area contributed by atoms with Gasteiger partial charge in [0.05, 0.1) is 19.2 Å². The van der Waals surface area contributed by atoms with Crippen molar-refractivity contribution in [3.8, 4) is 0 Å². The molecule has 100 valence electrons. The van der Waals surface area contributed by atoms with Crippen molar-refractivity contribution in [3.63, 3.8) is 0 Å². The quantitative estimate of drug-likeness (QED) is 0.856. The second-order valence-electron chi connectivity index (χ2n) is 4.30. The fourth-order valence-corrected chi connectivity index (χ4v) is 1.74. The van der Waals surface area contributed by atoms with Gasteiger partial charge in [-0.2, -0.15) is 0 Å². The molecule has 0 saturated carbocycles. The molecule has 0 radical (unpaired) electrons. The van der Waals surface area contributed by atoms with Crippen LogP contribution in [-0.4, -0.2) is 18.2 Å². The molecule has 19 heavy (non-hydrogen) atoms. The van der Waals surface area contributed by atoms with Gasteiger partial charge >= 0.3 is 5.97 Å². The zero-order chi connectivity index (χ0) is 13.8. The number of aryl methyl sites for hydroxylation is 2. The van der Waals surface area contributed by atoms with Gasteiger partial charge in [0, 0.05) is 11.8 Å². The van der Waals surface area contributed by atoms with Crippen LogP contribution in [0.4, 0.5) is 5.69 Å². The monoisotopic (exact) mass is 260 g/mol. The Kier molecular flexibility index (Phi) is 3.85. The minimum Gasteiger partial charge on any atom is -0.465 e. The maximum Gasteiger partial charge on any atom is 0.337 e. The van der Waals surface area contributed by atoms with Crippen molar-refractivity contribution in [2.75, 3.05) is 12.4 Å². The Labute approximate surface area is 111 Å². The van der Waals surface area contributed by atoms with Crippen LogP contribution in [0, 0.1) is 13.8 Å². The van der Waals surface area contributed by atoms with Crippen molar-refractivity contribution < 1.29 is 14.1 Å². The van der Waals surface area contributed by atoms with Gasteiger partial charge in [-0.15, -0.1) is 0 Å². The van der Waals surface area contributed by atoms with E-state index >= 15 is 0 Å². The topological polar surface area (TPSA) is 64.4 Å². The first-order valence-electron chi connectivity index (χ1n) is 5.95. The van der Waals surface area contributed by atoms with Gasteiger partial charge < -0.3 is 14.6 Å². The lowest BCUT2D eigenvalue weighted by Crippen LogP contribution is -2.05. The van der Waals surface area contributed by atoms with Crippen LogP contribution in [-0.2, 0) is 11.3 Å². The highest BCUT2D eigenvalue weighted by Gasteiger charge is 2.08. The highest BCUT2D eigenvalue weighted by atomic mass is 16.5. The average molecular weight is 260 g/mol. The first-order chi connectivity index (χ1) is 9.10. The first-order valence-corrected chi connectivity index (χ1v) is 5.95. The number of benzene rings is 1. The van der Waals surface area contributed by atoms with Crippen molar-refractivity contribution in [2.24, 2.45) is 0 Å². The lowest BCUT2D eigenvalue weighted by atomic mass is 10.1. The van der Waals surface area contributed by atoms with E-state index in [9.17, 15) is 4.79 Å². The lowest BCUT2D eigenvalue weighted by Gasteiger charge is -2.09. The maximum atomic E-state index is 11.5. The molecule has 1 aromatic carbocycles. The molecule has 0 amide bonds. The molecule has 0 unspecified atom stereocenters. The van der Waals surface area contributed by atoms with Crippen molar-refractivity contribution in [2.45, 2.75) is 20.4 Å². The fourth-order valence-electron chi connectivity index (χ4n) is 1.74. The Morgan fingerprint density at radius 3 is 2.79 bits per heavy atom. The molecule has 0 aliphatic rings. The number of aromatic nitrogens is 1. The molecule has 0 aliphatic carbocycles. The minimum atomic E-state index is -0.347. The van der Waals surface area contributed by atoms with Gasteiger partial charge in [0.2, 0.25) is 0 Å². The number of hydrogen-bond acceptors (Lipinski definition) is 5. The number of hydrogen-bond donors (Lipinski definition) is 1. The summed E-state index contributed by atoms with van der Waals surface area (Å²) in [6.45, 7) is 4.36. The molecule has 0 spiro atoms. The highest BCUT2D eigenvalue weighted by Crippen LogP contribution is 2.18. The molecule has 0 atom stereocenters. The van der Waals surface area contributed by atoms with E-state index in [0.717, 1.165) is 22.7 Å². The first kappa shape index (κ1) is 13.1. The molecule has 1 aromatic heterocycles. The molecule has 5 heteroatoms. The number of rotatable bonds is 4. The fraction of sp³-hybridized carbons (Fsp3) is 0.286. The number of carbonyl (C=O) groups excluding carboxylic acids is 1. The number of ether oxygens (including phenoxy) is 1. The summed E-state index contributed by atoms with van der Waals surface area (Å²) in [6, 6.07) is 7.26. The molecule has 2 rings (SSSR count). The Balaban J connectivity index is 2.12. The molecular formula is C14H16N2O3. The van der Waals surface area contributed by atoms with E-state index in [1.54, 1.807) is 12.1 Å². The Morgan fingerprint density at radius 1 is 1.37 bits per heavy atom. The number of nitrogens with one attached hydrogen (secondary N) is 1. The molecule has 2 aromatic rings. The van der Waals surface area contributed by atoms with Crippen LogP contribution >= 0.6 is 0 Å². The van der Waals surface area contributed by atoms with Gasteiger partial charge in [0.25, 0.3) is 0 Å². The van der Waals surface area contributed by atoms with Crippen molar-refractivity contribution >= 4 is 11.7 Å². The number of methoxy groups -OCH3 is 1. The summed E-state index contributed by atoms with van der Waals surface area (Å²) in [5.41, 5.74) is 3.27. The van der Waals surface area contributed by atoms with E-state index in [0.29, 0.717) is 12.1 Å². The smallest absolute Gasteiger partial charge is 0.337 e. The number of carbonyl (C=O) groups is 1. The number of anilines is 1. The van der Waals surface area contributed by atoms with Crippen LogP contribution in [0.3, 0.4) is 0 Å². The van der Waals surface area contributed by atoms with Gasteiger partial charge in [-0.1, -0.05) is 11.2 Å². The van der Waals surface area contributed by atoms with Crippen LogP contribution in [0.15, 0.2) is 28.8 Å². The van der Waals surface area contributed by atoms with E-state index in [4.69, 9.17) is 9.26 Å². The van der Waals surface area contributed by atoms with Crippen molar-refractivity contribution in [1.29, 1.82) is 0 Å². The predicted molar refractivity (Wildman–Crippen MR) is 71.1 cm³/mol. The molecule has 5 nitrogen and oxygen atoms in total. The summed E-state index contributed by atoms with van der Waals surface area (Å²) in [7, 11) is 1.37. The van der Waals surface area contributed by atoms with E-state index in [-0.39, 0.29) is 5.97 Å². The molecule has 1 N–H and O–H groups in total. The van der Waals surface area contributed by atoms with E-state index in [1.165, 1.54) is 7.11 Å². The summed E-state index contributed by atoms with van der Waals surface area (Å²) in [4.78, 5) is 11.5. The van der Waals surface area contributed by atoms with Gasteiger partial charge in [-0.25, -0.2) is 4.79 Å². The minimum absolute atomic E-state index is 0.347. The Hall–Kier alpha value is -2.30. The van der Waals surface area contributed by atoms with Gasteiger partial charge in [0.1, 0.15) is 11.5 Å². The number of nitrogens with zero attached hydrogens (tertiary/aromatic N) is 1. The van der Waals surface area contributed by atoms with Gasteiger partial charge in [0.15, 0.2) is 0 Å². The van der Waals surface area contributed by atoms with Crippen molar-refractivity contribution in [3.05, 3.63) is 46.8 Å². The second-order valence-corrected chi connectivity index (χ2v) is 4.30. The molecule has 0 saturated heterocycles. The lowest BCUT2D eigenvalue weighted by molar-refractivity contribution is 0.0601. The summed E-state index contributed by atoms with van der Waals surface area (Å²) in [6.07, 6.45) is 0. The largest absolute Gasteiger partial charge is 0.465 e. The Morgan fingerprint density at radius 2 is 2.16 bits per heavy atom. The molecular weight excluding hydrogens is 244 g/mol. The van der Waals surface area contributed by atoms with Gasteiger partial charge in [-0.05, 0) is 31.5 Å². The Bertz CT molecular complexity index is 590. The summed E-state index contributed by atoms with van der Waals surface area (Å²) < 4.78 is 9.70. The van der Waals surface area contributed by atoms with E-state index in [2.05, 4.69) is 10.5 Å². The van der Waals surface area contributed by atoms with Crippen LogP contribution < -0.4 is 5.32 Å². The maximum absolute atomic E-state index is 11.5. The second kappa shape index (κ2) is 5.56.